The second-order valence-electron chi connectivity index (χ2n) is 9.79. The van der Waals surface area contributed by atoms with Crippen molar-refractivity contribution >= 4 is 28.9 Å². The number of fused-ring (bicyclic) bond motifs is 1. The Labute approximate surface area is 222 Å². The number of likely N-dealkylation sites (tertiary alicyclic amines) is 1. The van der Waals surface area contributed by atoms with Crippen LogP contribution in [-0.2, 0) is 10.9 Å². The zero-order valence-electron chi connectivity index (χ0n) is 20.5. The molecule has 7 heteroatoms. The van der Waals surface area contributed by atoms with Gasteiger partial charge in [-0.25, -0.2) is 0 Å². The normalized spacial score (nSPS) is 19.3. The van der Waals surface area contributed by atoms with Crippen LogP contribution in [-0.4, -0.2) is 41.4 Å². The minimum absolute atomic E-state index is 0.119. The number of halogens is 2. The number of rotatable bonds is 7. The van der Waals surface area contributed by atoms with E-state index in [1.54, 1.807) is 24.3 Å². The van der Waals surface area contributed by atoms with E-state index in [4.69, 9.17) is 27.9 Å². The average Bonchev–Trinajstić information content (AvgIpc) is 3.07. The highest BCUT2D eigenvalue weighted by Gasteiger charge is 2.50. The Kier molecular flexibility index (Phi) is 7.25. The molecule has 5 nitrogen and oxygen atoms in total. The number of aryl methyl sites for hydroxylation is 1. The molecule has 190 valence electrons. The van der Waals surface area contributed by atoms with Gasteiger partial charge in [0.2, 0.25) is 0 Å². The molecule has 2 aliphatic rings. The van der Waals surface area contributed by atoms with Crippen LogP contribution in [0.5, 0.6) is 17.2 Å². The number of phenols is 2. The Bertz CT molecular complexity index is 1210. The lowest BCUT2D eigenvalue weighted by Crippen LogP contribution is -2.33. The number of aromatic hydroxyl groups is 2. The summed E-state index contributed by atoms with van der Waals surface area (Å²) in [5.74, 6) is 1.17. The molecule has 2 N–H and O–H groups in total. The number of nitrogens with zero attached hydrogens (tertiary/aromatic N) is 2. The number of hydrogen-bond acceptors (Lipinski definition) is 5. The van der Waals surface area contributed by atoms with E-state index in [9.17, 15) is 10.2 Å². The van der Waals surface area contributed by atoms with Gasteiger partial charge in [0.1, 0.15) is 23.9 Å². The fraction of sp³-hybridized carbons (Fsp3) is 0.379. The third kappa shape index (κ3) is 5.10. The van der Waals surface area contributed by atoms with Gasteiger partial charge < -0.3 is 19.8 Å². The van der Waals surface area contributed by atoms with Crippen LogP contribution in [0.25, 0.3) is 0 Å². The van der Waals surface area contributed by atoms with Crippen molar-refractivity contribution in [3.63, 3.8) is 0 Å². The molecule has 3 aromatic carbocycles. The predicted octanol–water partition coefficient (Wildman–Crippen LogP) is 6.66. The maximum absolute atomic E-state index is 10.2. The largest absolute Gasteiger partial charge is 0.508 e. The van der Waals surface area contributed by atoms with Gasteiger partial charge in [0.15, 0.2) is 4.33 Å². The van der Waals surface area contributed by atoms with E-state index in [2.05, 4.69) is 21.9 Å². The van der Waals surface area contributed by atoms with Gasteiger partial charge in [-0.2, -0.15) is 0 Å². The van der Waals surface area contributed by atoms with Crippen LogP contribution in [0.3, 0.4) is 0 Å². The van der Waals surface area contributed by atoms with Gasteiger partial charge in [-0.15, -0.1) is 0 Å². The molecule has 1 atom stereocenters. The number of hydrogen-bond donors (Lipinski definition) is 2. The molecule has 2 aliphatic heterocycles. The third-order valence-corrected chi connectivity index (χ3v) is 8.07. The van der Waals surface area contributed by atoms with Gasteiger partial charge in [-0.05, 0) is 92.0 Å². The second kappa shape index (κ2) is 10.4. The summed E-state index contributed by atoms with van der Waals surface area (Å²) in [5.41, 5.74) is 4.44. The van der Waals surface area contributed by atoms with Crippen molar-refractivity contribution < 1.29 is 14.9 Å². The first-order valence-electron chi connectivity index (χ1n) is 12.5. The fourth-order valence-electron chi connectivity index (χ4n) is 5.39. The van der Waals surface area contributed by atoms with Gasteiger partial charge >= 0.3 is 0 Å². The number of piperidine rings is 1. The monoisotopic (exact) mass is 526 g/mol. The van der Waals surface area contributed by atoms with E-state index in [1.165, 1.54) is 32.4 Å². The highest BCUT2D eigenvalue weighted by molar-refractivity contribution is 6.49. The Morgan fingerprint density at radius 3 is 2.33 bits per heavy atom. The summed E-state index contributed by atoms with van der Waals surface area (Å²) < 4.78 is 4.72. The third-order valence-electron chi connectivity index (χ3n) is 7.25. The maximum Gasteiger partial charge on any atom is 0.169 e. The Hall–Kier alpha value is -2.60. The van der Waals surface area contributed by atoms with Crippen molar-refractivity contribution in [3.8, 4) is 17.2 Å². The van der Waals surface area contributed by atoms with E-state index < -0.39 is 10.4 Å². The molecule has 1 fully saturated rings. The zero-order chi connectivity index (χ0) is 25.3. The summed E-state index contributed by atoms with van der Waals surface area (Å²) in [6.07, 6.45) is 3.90. The highest BCUT2D eigenvalue weighted by Crippen LogP contribution is 2.59. The minimum Gasteiger partial charge on any atom is -0.508 e. The molecule has 0 spiro atoms. The molecule has 3 aromatic rings. The van der Waals surface area contributed by atoms with Gasteiger partial charge in [0.25, 0.3) is 0 Å². The van der Waals surface area contributed by atoms with Gasteiger partial charge in [-0.1, -0.05) is 47.8 Å². The molecule has 0 amide bonds. The topological polar surface area (TPSA) is 56.2 Å². The van der Waals surface area contributed by atoms with E-state index in [1.807, 2.05) is 31.2 Å². The molecule has 2 heterocycles. The van der Waals surface area contributed by atoms with E-state index >= 15 is 0 Å². The second-order valence-corrected chi connectivity index (χ2v) is 11.2. The molecule has 36 heavy (non-hydrogen) atoms. The minimum atomic E-state index is -1.28. The lowest BCUT2D eigenvalue weighted by atomic mass is 9.96. The van der Waals surface area contributed by atoms with Crippen LogP contribution < -0.4 is 9.64 Å². The summed E-state index contributed by atoms with van der Waals surface area (Å²) in [5, 5.41) is 20.1. The number of alkyl halides is 2. The fourth-order valence-corrected chi connectivity index (χ4v) is 6.17. The molecular formula is C29H32Cl2N2O3. The van der Waals surface area contributed by atoms with Gasteiger partial charge in [-0.3, -0.25) is 4.90 Å². The predicted molar refractivity (Wildman–Crippen MR) is 145 cm³/mol. The van der Waals surface area contributed by atoms with E-state index in [0.29, 0.717) is 18.7 Å². The Morgan fingerprint density at radius 1 is 0.917 bits per heavy atom. The highest BCUT2D eigenvalue weighted by atomic mass is 35.5. The molecule has 1 saturated heterocycles. The zero-order valence-corrected chi connectivity index (χ0v) is 22.0. The summed E-state index contributed by atoms with van der Waals surface area (Å²) in [7, 11) is 0. The molecular weight excluding hydrogens is 495 g/mol. The Morgan fingerprint density at radius 2 is 1.61 bits per heavy atom. The van der Waals surface area contributed by atoms with Crippen LogP contribution in [0.1, 0.15) is 47.6 Å². The van der Waals surface area contributed by atoms with E-state index in [-0.39, 0.29) is 11.5 Å². The quantitative estimate of drug-likeness (QED) is 0.337. The molecule has 0 saturated carbocycles. The summed E-state index contributed by atoms with van der Waals surface area (Å²) in [6.45, 7) is 6.49. The molecule has 0 radical (unpaired) electrons. The molecule has 1 unspecified atom stereocenters. The van der Waals surface area contributed by atoms with Crippen molar-refractivity contribution in [1.82, 2.24) is 4.90 Å². The lowest BCUT2D eigenvalue weighted by molar-refractivity contribution is 0.183. The van der Waals surface area contributed by atoms with Crippen LogP contribution in [0, 0.1) is 6.92 Å². The van der Waals surface area contributed by atoms with Gasteiger partial charge in [0, 0.05) is 24.3 Å². The van der Waals surface area contributed by atoms with Crippen LogP contribution >= 0.6 is 23.2 Å². The summed E-state index contributed by atoms with van der Waals surface area (Å²) >= 11 is 14.0. The van der Waals surface area contributed by atoms with Gasteiger partial charge in [0.05, 0.1) is 6.04 Å². The van der Waals surface area contributed by atoms with Crippen LogP contribution in [0.4, 0.5) is 5.69 Å². The number of anilines is 1. The van der Waals surface area contributed by atoms with Crippen LogP contribution in [0.2, 0.25) is 0 Å². The maximum atomic E-state index is 10.2. The SMILES string of the molecule is Cc1cc(O)ccc1C1N(Cc2ccc(OCCN3CCCCC3)cc2)c2ccc(O)cc2C1(Cl)Cl. The molecule has 0 aromatic heterocycles. The van der Waals surface area contributed by atoms with Crippen molar-refractivity contribution in [2.24, 2.45) is 0 Å². The molecule has 0 bridgehead atoms. The van der Waals surface area contributed by atoms with Crippen molar-refractivity contribution in [1.29, 1.82) is 0 Å². The van der Waals surface area contributed by atoms with Crippen LogP contribution in [0.15, 0.2) is 60.7 Å². The van der Waals surface area contributed by atoms with Crippen molar-refractivity contribution in [3.05, 3.63) is 82.9 Å². The average molecular weight is 527 g/mol. The van der Waals surface area contributed by atoms with Crippen molar-refractivity contribution in [2.45, 2.75) is 43.1 Å². The summed E-state index contributed by atoms with van der Waals surface area (Å²) in [4.78, 5) is 4.64. The van der Waals surface area contributed by atoms with E-state index in [0.717, 1.165) is 34.7 Å². The van der Waals surface area contributed by atoms with Crippen molar-refractivity contribution in [2.75, 3.05) is 31.1 Å². The molecule has 5 rings (SSSR count). The Balaban J connectivity index is 1.36. The standard InChI is InChI=1S/C29H32Cl2N2O3/c1-20-17-22(34)7-11-25(20)28-29(30,31)26-18-23(35)8-12-27(26)33(28)19-21-5-9-24(10-6-21)36-16-15-32-13-3-2-4-14-32/h5-12,17-18,28,34-35H,2-4,13-16,19H2,1H3. The number of phenolic OH excluding ortho intramolecular Hbond substituents is 2. The number of benzene rings is 3. The molecule has 0 aliphatic carbocycles. The summed E-state index contributed by atoms with van der Waals surface area (Å²) in [6, 6.07) is 18.1. The number of ether oxygens (including phenoxy) is 1. The first kappa shape index (κ1) is 25.1. The smallest absolute Gasteiger partial charge is 0.169 e. The lowest BCUT2D eigenvalue weighted by Gasteiger charge is -2.33. The first-order valence-corrected chi connectivity index (χ1v) is 13.3. The first-order chi connectivity index (χ1) is 17.3.